The third-order valence-electron chi connectivity index (χ3n) is 8.27. The predicted molar refractivity (Wildman–Crippen MR) is 150 cm³/mol. The van der Waals surface area contributed by atoms with Gasteiger partial charge in [-0.1, -0.05) is 29.4 Å². The Bertz CT molecular complexity index is 1600. The smallest absolute Gasteiger partial charge is 0.477 e. The zero-order valence-electron chi connectivity index (χ0n) is 22.3. The Kier molecular flexibility index (Phi) is 6.73. The number of thiophene rings is 1. The summed E-state index contributed by atoms with van der Waals surface area (Å²) >= 11 is 1.26. The summed E-state index contributed by atoms with van der Waals surface area (Å²) in [7, 11) is 0. The lowest BCUT2D eigenvalue weighted by atomic mass is 9.77. The van der Waals surface area contributed by atoms with Crippen molar-refractivity contribution in [2.24, 2.45) is 0 Å². The molecule has 4 aliphatic rings. The van der Waals surface area contributed by atoms with Crippen molar-refractivity contribution in [3.8, 4) is 27.4 Å². The van der Waals surface area contributed by atoms with E-state index in [4.69, 9.17) is 9.26 Å². The zero-order chi connectivity index (χ0) is 29.0. The first-order valence-electron chi connectivity index (χ1n) is 13.9. The molecule has 1 N–H and O–H groups in total. The van der Waals surface area contributed by atoms with Gasteiger partial charge in [-0.2, -0.15) is 0 Å². The fraction of sp³-hybridized carbons (Fsp3) is 0.355. The second-order valence-corrected chi connectivity index (χ2v) is 12.1. The van der Waals surface area contributed by atoms with Gasteiger partial charge >= 0.3 is 12.3 Å². The second kappa shape index (κ2) is 10.5. The normalized spacial score (nSPS) is 21.7. The molecule has 4 aromatic rings. The van der Waals surface area contributed by atoms with Gasteiger partial charge in [0.25, 0.3) is 0 Å². The third-order valence-corrected chi connectivity index (χ3v) is 9.39. The van der Waals surface area contributed by atoms with E-state index in [1.165, 1.54) is 23.5 Å². The molecular weight excluding hydrogens is 569 g/mol. The van der Waals surface area contributed by atoms with Crippen LogP contribution < -0.4 is 9.64 Å². The fourth-order valence-electron chi connectivity index (χ4n) is 6.20. The molecule has 7 nitrogen and oxygen atoms in total. The molecule has 2 saturated carbocycles. The highest BCUT2D eigenvalue weighted by Gasteiger charge is 2.46. The quantitative estimate of drug-likeness (QED) is 0.210. The van der Waals surface area contributed by atoms with Crippen molar-refractivity contribution in [2.75, 3.05) is 4.90 Å². The monoisotopic (exact) mass is 596 g/mol. The molecule has 0 amide bonds. The van der Waals surface area contributed by atoms with E-state index in [9.17, 15) is 23.1 Å². The van der Waals surface area contributed by atoms with E-state index in [2.05, 4.69) is 26.9 Å². The van der Waals surface area contributed by atoms with E-state index < -0.39 is 12.3 Å². The third kappa shape index (κ3) is 5.27. The van der Waals surface area contributed by atoms with Gasteiger partial charge in [-0.05, 0) is 74.1 Å². The minimum atomic E-state index is -4.82. The Morgan fingerprint density at radius 2 is 1.76 bits per heavy atom. The van der Waals surface area contributed by atoms with E-state index in [1.54, 1.807) is 18.2 Å². The molecule has 2 aromatic heterocycles. The number of halogens is 3. The van der Waals surface area contributed by atoms with E-state index in [0.717, 1.165) is 48.2 Å². The highest BCUT2D eigenvalue weighted by Crippen LogP contribution is 2.47. The molecule has 2 aromatic carbocycles. The Morgan fingerprint density at radius 3 is 2.43 bits per heavy atom. The number of anilines is 1. The van der Waals surface area contributed by atoms with Gasteiger partial charge in [0.2, 0.25) is 0 Å². The van der Waals surface area contributed by atoms with Gasteiger partial charge in [0.1, 0.15) is 22.1 Å². The molecule has 8 rings (SSSR count). The van der Waals surface area contributed by atoms with Gasteiger partial charge in [-0.25, -0.2) is 4.79 Å². The average Bonchev–Trinajstić information content (AvgIpc) is 3.51. The number of benzene rings is 2. The number of hydrogen-bond acceptors (Lipinski definition) is 7. The van der Waals surface area contributed by atoms with Crippen LogP contribution in [-0.2, 0) is 11.3 Å². The van der Waals surface area contributed by atoms with Crippen molar-refractivity contribution in [1.29, 1.82) is 0 Å². The minimum absolute atomic E-state index is 0.0151. The first-order valence-corrected chi connectivity index (χ1v) is 14.7. The maximum atomic E-state index is 13.1. The van der Waals surface area contributed by atoms with Crippen LogP contribution in [0.4, 0.5) is 18.9 Å². The topological polar surface area (TPSA) is 85.0 Å². The predicted octanol–water partition coefficient (Wildman–Crippen LogP) is 7.87. The summed E-state index contributed by atoms with van der Waals surface area (Å²) in [5.74, 6) is -0.333. The van der Waals surface area contributed by atoms with Crippen molar-refractivity contribution in [2.45, 2.75) is 69.2 Å². The summed E-state index contributed by atoms with van der Waals surface area (Å²) in [6, 6.07) is 18.3. The molecule has 2 aliphatic heterocycles. The molecule has 2 saturated heterocycles. The van der Waals surface area contributed by atoms with Crippen molar-refractivity contribution >= 4 is 23.0 Å². The van der Waals surface area contributed by atoms with Crippen LogP contribution in [0.5, 0.6) is 5.75 Å². The highest BCUT2D eigenvalue weighted by atomic mass is 32.1. The van der Waals surface area contributed by atoms with E-state index in [1.807, 2.05) is 18.2 Å². The number of piperidine rings is 1. The minimum Gasteiger partial charge on any atom is -0.477 e. The average molecular weight is 597 g/mol. The molecule has 42 heavy (non-hydrogen) atoms. The molecule has 4 heterocycles. The largest absolute Gasteiger partial charge is 0.573 e. The van der Waals surface area contributed by atoms with Crippen LogP contribution in [0.25, 0.3) is 21.7 Å². The van der Waals surface area contributed by atoms with Crippen LogP contribution in [0.2, 0.25) is 0 Å². The van der Waals surface area contributed by atoms with Gasteiger partial charge in [-0.3, -0.25) is 0 Å². The highest BCUT2D eigenvalue weighted by molar-refractivity contribution is 7.17. The summed E-state index contributed by atoms with van der Waals surface area (Å²) in [6.07, 6.45) is -0.118. The van der Waals surface area contributed by atoms with E-state index in [-0.39, 0.29) is 29.9 Å². The first kappa shape index (κ1) is 27.0. The van der Waals surface area contributed by atoms with Gasteiger partial charge in [0.15, 0.2) is 0 Å². The molecule has 218 valence electrons. The number of carbonyl (C=O) groups is 1. The van der Waals surface area contributed by atoms with Crippen molar-refractivity contribution < 1.29 is 37.1 Å². The molecule has 1 unspecified atom stereocenters. The van der Waals surface area contributed by atoms with Crippen molar-refractivity contribution in [1.82, 2.24) is 5.16 Å². The number of hydrogen-bond donors (Lipinski definition) is 1. The number of fused-ring (bicyclic) bond motifs is 2. The van der Waals surface area contributed by atoms with Gasteiger partial charge < -0.3 is 24.0 Å². The maximum absolute atomic E-state index is 13.1. The SMILES string of the molecule is O=C(O)c1ccc(-c2ccc(N3C4C[C@@H](OCc5c(-c6ccccc6OC(F)(F)F)noc5C5CC5)C[C@H]3C4)cc2)s1. The number of aromatic carboxylic acids is 1. The molecule has 0 spiro atoms. The zero-order valence-corrected chi connectivity index (χ0v) is 23.2. The summed E-state index contributed by atoms with van der Waals surface area (Å²) < 4.78 is 55.6. The number of alkyl halides is 3. The van der Waals surface area contributed by atoms with E-state index >= 15 is 0 Å². The number of aromatic nitrogens is 1. The van der Waals surface area contributed by atoms with Crippen LogP contribution in [0.15, 0.2) is 65.2 Å². The fourth-order valence-corrected chi connectivity index (χ4v) is 7.05. The number of ether oxygens (including phenoxy) is 2. The maximum Gasteiger partial charge on any atom is 0.573 e. The van der Waals surface area contributed by atoms with Crippen molar-refractivity contribution in [3.05, 3.63) is 76.9 Å². The standard InChI is InChI=1S/C31H27F3N2O5S/c32-31(33,34)40-25-4-2-1-3-23(25)28-24(29(41-35-28)18-5-6-18)16-39-22-14-20-13-21(15-22)36(20)19-9-7-17(8-10-19)26-11-12-27(42-26)30(37)38/h1-4,7-12,18,20-22H,5-6,13-16H2,(H,37,38)/t20-,21?,22+/m1/s1. The summed E-state index contributed by atoms with van der Waals surface area (Å²) in [4.78, 5) is 14.9. The number of carboxylic acids is 1. The molecule has 2 bridgehead atoms. The van der Waals surface area contributed by atoms with Gasteiger partial charge in [0.05, 0.1) is 12.7 Å². The van der Waals surface area contributed by atoms with Crippen LogP contribution >= 0.6 is 11.3 Å². The number of nitrogens with zero attached hydrogens (tertiary/aromatic N) is 2. The summed E-state index contributed by atoms with van der Waals surface area (Å²) in [5, 5.41) is 13.4. The summed E-state index contributed by atoms with van der Waals surface area (Å²) in [6.45, 7) is 0.211. The lowest BCUT2D eigenvalue weighted by Crippen LogP contribution is -2.62. The Morgan fingerprint density at radius 1 is 1.02 bits per heavy atom. The van der Waals surface area contributed by atoms with Crippen LogP contribution in [-0.4, -0.2) is 40.8 Å². The number of para-hydroxylation sites is 1. The second-order valence-electron chi connectivity index (χ2n) is 11.1. The Labute approximate surface area is 243 Å². The Hall–Kier alpha value is -3.83. The van der Waals surface area contributed by atoms with Crippen LogP contribution in [0, 0.1) is 0 Å². The van der Waals surface area contributed by atoms with Gasteiger partial charge in [0, 0.05) is 39.7 Å². The molecular formula is C31H27F3N2O5S. The van der Waals surface area contributed by atoms with Gasteiger partial charge in [-0.15, -0.1) is 24.5 Å². The van der Waals surface area contributed by atoms with Crippen LogP contribution in [0.3, 0.4) is 0 Å². The lowest BCUT2D eigenvalue weighted by Gasteiger charge is -2.56. The Balaban J connectivity index is 1.03. The number of rotatable bonds is 9. The number of carboxylic acid groups (broad SMARTS) is 1. The molecule has 11 heteroatoms. The molecule has 4 fully saturated rings. The molecule has 0 radical (unpaired) electrons. The van der Waals surface area contributed by atoms with Crippen molar-refractivity contribution in [3.63, 3.8) is 0 Å². The lowest BCUT2D eigenvalue weighted by molar-refractivity contribution is -0.274. The summed E-state index contributed by atoms with van der Waals surface area (Å²) in [5.41, 5.74) is 3.38. The molecule has 2 aliphatic carbocycles. The van der Waals surface area contributed by atoms with E-state index in [0.29, 0.717) is 34.0 Å². The van der Waals surface area contributed by atoms with Crippen LogP contribution in [0.1, 0.15) is 59.0 Å². The molecule has 3 atom stereocenters. The first-order chi connectivity index (χ1) is 20.2.